The van der Waals surface area contributed by atoms with Gasteiger partial charge in [0.05, 0.1) is 25.2 Å². The summed E-state index contributed by atoms with van der Waals surface area (Å²) >= 11 is 3.15. The fraction of sp³-hybridized carbons (Fsp3) is 0.400. The highest BCUT2D eigenvalue weighted by molar-refractivity contribution is 9.08. The van der Waals surface area contributed by atoms with Gasteiger partial charge in [0.1, 0.15) is 5.75 Å². The Bertz CT molecular complexity index is 471. The van der Waals surface area contributed by atoms with Crippen LogP contribution in [0.15, 0.2) is 6.20 Å². The molecule has 0 fully saturated rings. The Kier molecular flexibility index (Phi) is 4.78. The van der Waals surface area contributed by atoms with Gasteiger partial charge in [-0.1, -0.05) is 15.9 Å². The largest absolute Gasteiger partial charge is 0.574 e. The Labute approximate surface area is 109 Å². The van der Waals surface area contributed by atoms with Crippen molar-refractivity contribution in [2.75, 3.05) is 7.11 Å². The molecule has 0 saturated heterocycles. The van der Waals surface area contributed by atoms with Gasteiger partial charge in [0.25, 0.3) is 0 Å². The summed E-state index contributed by atoms with van der Waals surface area (Å²) in [6, 6.07) is 1.75. The molecule has 4 nitrogen and oxygen atoms in total. The number of nitrogens with zero attached hydrogens (tertiary/aromatic N) is 2. The SMILES string of the molecule is COc1c(CBr)cnc(OC(F)(F)F)c1CC#N. The summed E-state index contributed by atoms with van der Waals surface area (Å²) < 4.78 is 45.3. The maximum Gasteiger partial charge on any atom is 0.574 e. The Morgan fingerprint density at radius 1 is 1.50 bits per heavy atom. The smallest absolute Gasteiger partial charge is 0.496 e. The standard InChI is InChI=1S/C10H8BrF3N2O2/c1-17-8-6(4-11)5-16-9(7(8)2-3-15)18-10(12,13)14/h5H,2,4H2,1H3. The second-order valence-corrected chi connectivity index (χ2v) is 3.68. The Morgan fingerprint density at radius 3 is 2.61 bits per heavy atom. The predicted octanol–water partition coefficient (Wildman–Crippen LogP) is 2.95. The molecule has 18 heavy (non-hydrogen) atoms. The van der Waals surface area contributed by atoms with Crippen molar-refractivity contribution in [2.45, 2.75) is 18.1 Å². The number of aromatic nitrogens is 1. The van der Waals surface area contributed by atoms with Gasteiger partial charge in [0.15, 0.2) is 0 Å². The number of ether oxygens (including phenoxy) is 2. The number of halogens is 4. The lowest BCUT2D eigenvalue weighted by Gasteiger charge is -2.15. The topological polar surface area (TPSA) is 55.1 Å². The zero-order valence-corrected chi connectivity index (χ0v) is 10.8. The van der Waals surface area contributed by atoms with E-state index in [-0.39, 0.29) is 17.7 Å². The van der Waals surface area contributed by atoms with Crippen LogP contribution >= 0.6 is 15.9 Å². The lowest BCUT2D eigenvalue weighted by atomic mass is 10.1. The third kappa shape index (κ3) is 3.50. The molecule has 0 amide bonds. The normalized spacial score (nSPS) is 10.9. The van der Waals surface area contributed by atoms with Gasteiger partial charge < -0.3 is 9.47 Å². The molecule has 1 aromatic rings. The van der Waals surface area contributed by atoms with Crippen LogP contribution < -0.4 is 9.47 Å². The summed E-state index contributed by atoms with van der Waals surface area (Å²) in [6.07, 6.45) is -3.95. The van der Waals surface area contributed by atoms with Crippen molar-refractivity contribution in [2.24, 2.45) is 0 Å². The van der Waals surface area contributed by atoms with Gasteiger partial charge in [-0.25, -0.2) is 4.98 Å². The molecule has 0 saturated carbocycles. The molecule has 0 aliphatic rings. The second-order valence-electron chi connectivity index (χ2n) is 3.12. The van der Waals surface area contributed by atoms with E-state index in [9.17, 15) is 13.2 Å². The molecule has 0 aromatic carbocycles. The zero-order valence-electron chi connectivity index (χ0n) is 9.21. The van der Waals surface area contributed by atoms with Crippen LogP contribution in [0, 0.1) is 11.3 Å². The molecule has 0 radical (unpaired) electrons. The molecular weight excluding hydrogens is 317 g/mol. The van der Waals surface area contributed by atoms with Crippen molar-refractivity contribution < 1.29 is 22.6 Å². The molecule has 0 bridgehead atoms. The monoisotopic (exact) mass is 324 g/mol. The third-order valence-corrected chi connectivity index (χ3v) is 2.58. The minimum atomic E-state index is -4.86. The number of pyridine rings is 1. The zero-order chi connectivity index (χ0) is 13.8. The first kappa shape index (κ1) is 14.6. The Hall–Kier alpha value is -1.49. The molecule has 1 rings (SSSR count). The molecule has 0 atom stereocenters. The van der Waals surface area contributed by atoms with Crippen LogP contribution in [0.25, 0.3) is 0 Å². The molecule has 0 N–H and O–H groups in total. The number of nitriles is 1. The van der Waals surface area contributed by atoms with E-state index in [0.717, 1.165) is 0 Å². The summed E-state index contributed by atoms with van der Waals surface area (Å²) in [5.74, 6) is -0.492. The van der Waals surface area contributed by atoms with Crippen molar-refractivity contribution >= 4 is 15.9 Å². The van der Waals surface area contributed by atoms with E-state index < -0.39 is 12.2 Å². The van der Waals surface area contributed by atoms with E-state index in [1.165, 1.54) is 13.3 Å². The molecule has 0 spiro atoms. The number of hydrogen-bond donors (Lipinski definition) is 0. The van der Waals surface area contributed by atoms with Gasteiger partial charge in [0, 0.05) is 17.1 Å². The fourth-order valence-corrected chi connectivity index (χ4v) is 1.75. The lowest BCUT2D eigenvalue weighted by molar-refractivity contribution is -0.276. The maximum absolute atomic E-state index is 12.2. The summed E-state index contributed by atoms with van der Waals surface area (Å²) in [5.41, 5.74) is 0.520. The van der Waals surface area contributed by atoms with Crippen LogP contribution in [0.5, 0.6) is 11.6 Å². The fourth-order valence-electron chi connectivity index (χ4n) is 1.35. The van der Waals surface area contributed by atoms with E-state index in [1.807, 2.05) is 0 Å². The van der Waals surface area contributed by atoms with Gasteiger partial charge in [-0.15, -0.1) is 13.2 Å². The quantitative estimate of drug-likeness (QED) is 0.799. The molecular formula is C10H8BrF3N2O2. The minimum Gasteiger partial charge on any atom is -0.496 e. The van der Waals surface area contributed by atoms with Crippen molar-refractivity contribution in [3.8, 4) is 17.7 Å². The van der Waals surface area contributed by atoms with E-state index >= 15 is 0 Å². The number of methoxy groups -OCH3 is 1. The predicted molar refractivity (Wildman–Crippen MR) is 59.4 cm³/mol. The van der Waals surface area contributed by atoms with Crippen molar-refractivity contribution in [1.82, 2.24) is 4.98 Å². The lowest BCUT2D eigenvalue weighted by Crippen LogP contribution is -2.19. The summed E-state index contributed by atoms with van der Waals surface area (Å²) in [7, 11) is 1.31. The molecule has 8 heteroatoms. The first-order chi connectivity index (χ1) is 8.42. The van der Waals surface area contributed by atoms with Crippen molar-refractivity contribution in [3.05, 3.63) is 17.3 Å². The van der Waals surface area contributed by atoms with Crippen molar-refractivity contribution in [3.63, 3.8) is 0 Å². The van der Waals surface area contributed by atoms with E-state index in [2.05, 4.69) is 25.7 Å². The van der Waals surface area contributed by atoms with Crippen LogP contribution in [-0.4, -0.2) is 18.5 Å². The summed E-state index contributed by atoms with van der Waals surface area (Å²) in [4.78, 5) is 3.56. The van der Waals surface area contributed by atoms with Gasteiger partial charge in [-0.3, -0.25) is 0 Å². The Morgan fingerprint density at radius 2 is 2.17 bits per heavy atom. The average Bonchev–Trinajstić information content (AvgIpc) is 2.29. The van der Waals surface area contributed by atoms with Crippen LogP contribution in [0.2, 0.25) is 0 Å². The van der Waals surface area contributed by atoms with Gasteiger partial charge in [0.2, 0.25) is 5.88 Å². The van der Waals surface area contributed by atoms with Crippen LogP contribution in [-0.2, 0) is 11.8 Å². The highest BCUT2D eigenvalue weighted by Crippen LogP contribution is 2.34. The summed E-state index contributed by atoms with van der Waals surface area (Å²) in [6.45, 7) is 0. The third-order valence-electron chi connectivity index (χ3n) is 1.98. The van der Waals surface area contributed by atoms with Crippen molar-refractivity contribution in [1.29, 1.82) is 5.26 Å². The number of alkyl halides is 4. The first-order valence-electron chi connectivity index (χ1n) is 4.66. The number of rotatable bonds is 4. The van der Waals surface area contributed by atoms with Gasteiger partial charge >= 0.3 is 6.36 Å². The van der Waals surface area contributed by atoms with Crippen LogP contribution in [0.4, 0.5) is 13.2 Å². The van der Waals surface area contributed by atoms with E-state index in [4.69, 9.17) is 10.00 Å². The summed E-state index contributed by atoms with van der Waals surface area (Å²) in [5, 5.41) is 8.99. The molecule has 0 aliphatic carbocycles. The molecule has 0 aliphatic heterocycles. The molecule has 98 valence electrons. The first-order valence-corrected chi connectivity index (χ1v) is 5.78. The van der Waals surface area contributed by atoms with Crippen LogP contribution in [0.3, 0.4) is 0 Å². The van der Waals surface area contributed by atoms with E-state index in [1.54, 1.807) is 6.07 Å². The molecule has 1 heterocycles. The number of hydrogen-bond acceptors (Lipinski definition) is 4. The van der Waals surface area contributed by atoms with Gasteiger partial charge in [-0.05, 0) is 0 Å². The average molecular weight is 325 g/mol. The maximum atomic E-state index is 12.2. The highest BCUT2D eigenvalue weighted by atomic mass is 79.9. The van der Waals surface area contributed by atoms with E-state index in [0.29, 0.717) is 10.9 Å². The Balaban J connectivity index is 3.30. The molecule has 1 aromatic heterocycles. The second kappa shape index (κ2) is 5.91. The minimum absolute atomic E-state index is 0.0192. The van der Waals surface area contributed by atoms with Gasteiger partial charge in [-0.2, -0.15) is 5.26 Å². The highest BCUT2D eigenvalue weighted by Gasteiger charge is 2.34. The van der Waals surface area contributed by atoms with Crippen LogP contribution in [0.1, 0.15) is 11.1 Å². The molecule has 0 unspecified atom stereocenters.